The highest BCUT2D eigenvalue weighted by molar-refractivity contribution is 5.61. The van der Waals surface area contributed by atoms with Gasteiger partial charge in [-0.05, 0) is 73.2 Å². The standard InChI is InChI=1S/C13H26N2/c1-12(2,3)14-10-8-7-9-11-15-13(4,5)6/h10-11H,7-9H2,1-6H3/b14-10-,15-11+. The van der Waals surface area contributed by atoms with Gasteiger partial charge in [0.2, 0.25) is 0 Å². The quantitative estimate of drug-likeness (QED) is 0.497. The van der Waals surface area contributed by atoms with E-state index in [0.717, 1.165) is 19.3 Å². The summed E-state index contributed by atoms with van der Waals surface area (Å²) in [6.45, 7) is 12.7. The van der Waals surface area contributed by atoms with E-state index in [-0.39, 0.29) is 11.1 Å². The van der Waals surface area contributed by atoms with Gasteiger partial charge in [0.25, 0.3) is 0 Å². The van der Waals surface area contributed by atoms with E-state index in [1.165, 1.54) is 0 Å². The van der Waals surface area contributed by atoms with Crippen molar-refractivity contribution in [2.45, 2.75) is 71.9 Å². The molecule has 0 aromatic rings. The lowest BCUT2D eigenvalue weighted by Gasteiger charge is -2.11. The molecule has 0 saturated carbocycles. The second-order valence-corrected chi connectivity index (χ2v) is 5.90. The van der Waals surface area contributed by atoms with E-state index in [9.17, 15) is 0 Å². The van der Waals surface area contributed by atoms with Crippen LogP contribution in [0, 0.1) is 0 Å². The summed E-state index contributed by atoms with van der Waals surface area (Å²) in [4.78, 5) is 8.87. The first-order valence-electron chi connectivity index (χ1n) is 5.78. The molecule has 15 heavy (non-hydrogen) atoms. The molecule has 0 saturated heterocycles. The highest BCUT2D eigenvalue weighted by Crippen LogP contribution is 2.07. The molecule has 88 valence electrons. The van der Waals surface area contributed by atoms with Gasteiger partial charge >= 0.3 is 0 Å². The summed E-state index contributed by atoms with van der Waals surface area (Å²) < 4.78 is 0. The minimum Gasteiger partial charge on any atom is -0.292 e. The topological polar surface area (TPSA) is 24.7 Å². The van der Waals surface area contributed by atoms with Crippen LogP contribution >= 0.6 is 0 Å². The van der Waals surface area contributed by atoms with E-state index >= 15 is 0 Å². The monoisotopic (exact) mass is 210 g/mol. The van der Waals surface area contributed by atoms with Crippen molar-refractivity contribution in [2.75, 3.05) is 0 Å². The zero-order valence-electron chi connectivity index (χ0n) is 11.2. The minimum atomic E-state index is 0.0689. The van der Waals surface area contributed by atoms with Crippen molar-refractivity contribution < 1.29 is 0 Å². The van der Waals surface area contributed by atoms with E-state index in [2.05, 4.69) is 51.5 Å². The fraction of sp³-hybridized carbons (Fsp3) is 0.846. The fourth-order valence-electron chi connectivity index (χ4n) is 0.977. The molecule has 0 unspecified atom stereocenters. The molecule has 2 heteroatoms. The summed E-state index contributed by atoms with van der Waals surface area (Å²) in [6, 6.07) is 0. The molecule has 0 N–H and O–H groups in total. The van der Waals surface area contributed by atoms with Crippen molar-refractivity contribution in [2.24, 2.45) is 9.98 Å². The van der Waals surface area contributed by atoms with Crippen LogP contribution in [-0.2, 0) is 0 Å². The maximum Gasteiger partial charge on any atom is 0.0520 e. The molecule has 0 heterocycles. The van der Waals surface area contributed by atoms with Crippen LogP contribution in [0.25, 0.3) is 0 Å². The van der Waals surface area contributed by atoms with Crippen LogP contribution in [0.2, 0.25) is 0 Å². The molecule has 0 aliphatic carbocycles. The second kappa shape index (κ2) is 6.04. The zero-order chi connectivity index (χ0) is 11.9. The van der Waals surface area contributed by atoms with E-state index in [1.807, 2.05) is 12.4 Å². The Morgan fingerprint density at radius 3 is 1.33 bits per heavy atom. The summed E-state index contributed by atoms with van der Waals surface area (Å²) in [7, 11) is 0. The molecular weight excluding hydrogens is 184 g/mol. The van der Waals surface area contributed by atoms with Crippen LogP contribution in [0.4, 0.5) is 0 Å². The van der Waals surface area contributed by atoms with Crippen LogP contribution in [0.1, 0.15) is 60.8 Å². The van der Waals surface area contributed by atoms with Crippen molar-refractivity contribution >= 4 is 12.4 Å². The van der Waals surface area contributed by atoms with E-state index in [4.69, 9.17) is 0 Å². The highest BCUT2D eigenvalue weighted by atomic mass is 14.8. The smallest absolute Gasteiger partial charge is 0.0520 e. The van der Waals surface area contributed by atoms with E-state index in [1.54, 1.807) is 0 Å². The molecule has 0 amide bonds. The molecule has 0 spiro atoms. The second-order valence-electron chi connectivity index (χ2n) is 5.90. The third kappa shape index (κ3) is 13.3. The van der Waals surface area contributed by atoms with Gasteiger partial charge in [-0.3, -0.25) is 9.98 Å². The molecule has 0 bridgehead atoms. The van der Waals surface area contributed by atoms with Crippen LogP contribution in [0.5, 0.6) is 0 Å². The Morgan fingerprint density at radius 2 is 1.07 bits per heavy atom. The maximum atomic E-state index is 4.43. The third-order valence-electron chi connectivity index (χ3n) is 1.62. The molecule has 2 nitrogen and oxygen atoms in total. The Kier molecular flexibility index (Phi) is 5.77. The Morgan fingerprint density at radius 1 is 0.733 bits per heavy atom. The Labute approximate surface area is 94.9 Å². The fourth-order valence-corrected chi connectivity index (χ4v) is 0.977. The number of hydrogen-bond acceptors (Lipinski definition) is 2. The summed E-state index contributed by atoms with van der Waals surface area (Å²) in [5.74, 6) is 0. The lowest BCUT2D eigenvalue weighted by molar-refractivity contribution is 0.583. The van der Waals surface area contributed by atoms with Gasteiger partial charge in [0.05, 0.1) is 11.1 Å². The van der Waals surface area contributed by atoms with Crippen LogP contribution in [0.15, 0.2) is 9.98 Å². The van der Waals surface area contributed by atoms with E-state index in [0.29, 0.717) is 0 Å². The van der Waals surface area contributed by atoms with Crippen molar-refractivity contribution in [3.8, 4) is 0 Å². The van der Waals surface area contributed by atoms with Gasteiger partial charge in [-0.1, -0.05) is 0 Å². The van der Waals surface area contributed by atoms with Gasteiger partial charge < -0.3 is 0 Å². The van der Waals surface area contributed by atoms with Gasteiger partial charge in [-0.15, -0.1) is 0 Å². The van der Waals surface area contributed by atoms with Gasteiger partial charge in [0, 0.05) is 0 Å². The molecular formula is C13H26N2. The predicted octanol–water partition coefficient (Wildman–Crippen LogP) is 3.90. The number of rotatable bonds is 4. The average Bonchev–Trinajstić information content (AvgIpc) is 1.98. The number of unbranched alkanes of at least 4 members (excludes halogenated alkanes) is 2. The van der Waals surface area contributed by atoms with E-state index < -0.39 is 0 Å². The maximum absolute atomic E-state index is 4.43. The molecule has 0 aliphatic heterocycles. The molecule has 0 aliphatic rings. The predicted molar refractivity (Wildman–Crippen MR) is 70.3 cm³/mol. The Balaban J connectivity index is 3.57. The number of nitrogens with zero attached hydrogens (tertiary/aromatic N) is 2. The van der Waals surface area contributed by atoms with Crippen molar-refractivity contribution in [3.63, 3.8) is 0 Å². The molecule has 0 aromatic carbocycles. The van der Waals surface area contributed by atoms with Crippen LogP contribution in [-0.4, -0.2) is 23.5 Å². The van der Waals surface area contributed by atoms with Crippen LogP contribution < -0.4 is 0 Å². The normalized spacial score (nSPS) is 14.3. The van der Waals surface area contributed by atoms with Gasteiger partial charge in [-0.25, -0.2) is 0 Å². The molecule has 0 radical (unpaired) electrons. The zero-order valence-corrected chi connectivity index (χ0v) is 11.2. The highest BCUT2D eigenvalue weighted by Gasteiger charge is 2.04. The SMILES string of the molecule is CC(C)(C)/N=C\CCC/C=N/C(C)(C)C. The largest absolute Gasteiger partial charge is 0.292 e. The lowest BCUT2D eigenvalue weighted by Crippen LogP contribution is -2.09. The Hall–Kier alpha value is -0.660. The summed E-state index contributed by atoms with van der Waals surface area (Å²) in [5.41, 5.74) is 0.138. The molecule has 0 aromatic heterocycles. The molecule has 0 atom stereocenters. The first-order valence-corrected chi connectivity index (χ1v) is 5.78. The first-order chi connectivity index (χ1) is 6.71. The third-order valence-corrected chi connectivity index (χ3v) is 1.62. The van der Waals surface area contributed by atoms with Gasteiger partial charge in [0.1, 0.15) is 0 Å². The minimum absolute atomic E-state index is 0.0689. The molecule has 0 fully saturated rings. The van der Waals surface area contributed by atoms with Gasteiger partial charge in [0.15, 0.2) is 0 Å². The van der Waals surface area contributed by atoms with Crippen molar-refractivity contribution in [3.05, 3.63) is 0 Å². The molecule has 0 rings (SSSR count). The summed E-state index contributed by atoms with van der Waals surface area (Å²) in [5, 5.41) is 0. The Bertz CT molecular complexity index is 190. The van der Waals surface area contributed by atoms with Gasteiger partial charge in [-0.2, -0.15) is 0 Å². The average molecular weight is 210 g/mol. The van der Waals surface area contributed by atoms with Crippen molar-refractivity contribution in [1.82, 2.24) is 0 Å². The van der Waals surface area contributed by atoms with Crippen molar-refractivity contribution in [1.29, 1.82) is 0 Å². The summed E-state index contributed by atoms with van der Waals surface area (Å²) >= 11 is 0. The first kappa shape index (κ1) is 14.3. The van der Waals surface area contributed by atoms with Crippen LogP contribution in [0.3, 0.4) is 0 Å². The lowest BCUT2D eigenvalue weighted by atomic mass is 10.1. The summed E-state index contributed by atoms with van der Waals surface area (Å²) in [6.07, 6.45) is 7.30. The number of aliphatic imine (C=N–C) groups is 2. The number of hydrogen-bond donors (Lipinski definition) is 0.